The molecule has 2 heteroatoms. The van der Waals surface area contributed by atoms with Crippen LogP contribution in [-0.4, -0.2) is 5.88 Å². The van der Waals surface area contributed by atoms with E-state index in [0.29, 0.717) is 0 Å². The molecule has 1 rings (SSSR count). The van der Waals surface area contributed by atoms with E-state index in [2.05, 4.69) is 41.1 Å². The standard InChI is InChI=1S/C11H14BrCl/c1-9-4-2-5-10(6-3-7-13)11(9)8-12/h2,4-5H,3,6-8H2,1H3. The minimum Gasteiger partial charge on any atom is -0.127 e. The molecule has 0 heterocycles. The summed E-state index contributed by atoms with van der Waals surface area (Å²) in [5, 5.41) is 0.942. The Morgan fingerprint density at radius 3 is 2.77 bits per heavy atom. The van der Waals surface area contributed by atoms with E-state index >= 15 is 0 Å². The predicted octanol–water partition coefficient (Wildman–Crippen LogP) is 4.06. The van der Waals surface area contributed by atoms with Gasteiger partial charge in [0.05, 0.1) is 0 Å². The molecular formula is C11H14BrCl. The van der Waals surface area contributed by atoms with Crippen molar-refractivity contribution in [2.75, 3.05) is 5.88 Å². The van der Waals surface area contributed by atoms with Crippen molar-refractivity contribution in [3.05, 3.63) is 34.9 Å². The SMILES string of the molecule is Cc1cccc(CCCCl)c1CBr. The quantitative estimate of drug-likeness (QED) is 0.717. The van der Waals surface area contributed by atoms with Crippen LogP contribution in [0.3, 0.4) is 0 Å². The zero-order valence-corrected chi connectivity index (χ0v) is 10.2. The Labute approximate surface area is 93.4 Å². The number of aryl methyl sites for hydroxylation is 2. The van der Waals surface area contributed by atoms with Gasteiger partial charge in [0.1, 0.15) is 0 Å². The first-order valence-electron chi connectivity index (χ1n) is 4.49. The number of alkyl halides is 2. The fourth-order valence-electron chi connectivity index (χ4n) is 1.45. The number of benzene rings is 1. The molecule has 0 bridgehead atoms. The van der Waals surface area contributed by atoms with Crippen molar-refractivity contribution in [2.24, 2.45) is 0 Å². The molecule has 72 valence electrons. The van der Waals surface area contributed by atoms with E-state index in [4.69, 9.17) is 11.6 Å². The molecule has 0 aliphatic heterocycles. The fraction of sp³-hybridized carbons (Fsp3) is 0.455. The van der Waals surface area contributed by atoms with Crippen LogP contribution in [0, 0.1) is 6.92 Å². The van der Waals surface area contributed by atoms with Crippen LogP contribution in [0.25, 0.3) is 0 Å². The zero-order valence-electron chi connectivity index (χ0n) is 7.82. The maximum absolute atomic E-state index is 5.68. The third-order valence-electron chi connectivity index (χ3n) is 2.22. The fourth-order valence-corrected chi connectivity index (χ4v) is 2.38. The van der Waals surface area contributed by atoms with Gasteiger partial charge in [0, 0.05) is 11.2 Å². The van der Waals surface area contributed by atoms with E-state index in [1.54, 1.807) is 0 Å². The van der Waals surface area contributed by atoms with Crippen molar-refractivity contribution in [2.45, 2.75) is 25.1 Å². The molecule has 0 amide bonds. The third kappa shape index (κ3) is 2.99. The number of hydrogen-bond acceptors (Lipinski definition) is 0. The zero-order chi connectivity index (χ0) is 9.68. The lowest BCUT2D eigenvalue weighted by molar-refractivity contribution is 0.915. The van der Waals surface area contributed by atoms with Crippen LogP contribution in [0.1, 0.15) is 23.1 Å². The Kier molecular flexibility index (Phi) is 4.82. The number of rotatable bonds is 4. The van der Waals surface area contributed by atoms with Crippen molar-refractivity contribution < 1.29 is 0 Å². The molecule has 0 N–H and O–H groups in total. The van der Waals surface area contributed by atoms with Crippen molar-refractivity contribution >= 4 is 27.5 Å². The normalized spacial score (nSPS) is 10.4. The first-order valence-corrected chi connectivity index (χ1v) is 6.14. The Balaban J connectivity index is 2.85. The van der Waals surface area contributed by atoms with Crippen molar-refractivity contribution in [1.29, 1.82) is 0 Å². The van der Waals surface area contributed by atoms with Gasteiger partial charge in [0.2, 0.25) is 0 Å². The molecule has 0 atom stereocenters. The van der Waals surface area contributed by atoms with Crippen LogP contribution in [0.15, 0.2) is 18.2 Å². The smallest absolute Gasteiger partial charge is 0.0288 e. The van der Waals surface area contributed by atoms with E-state index in [1.165, 1.54) is 16.7 Å². The molecule has 0 aromatic heterocycles. The molecule has 0 nitrogen and oxygen atoms in total. The van der Waals surface area contributed by atoms with Gasteiger partial charge in [-0.25, -0.2) is 0 Å². The maximum atomic E-state index is 5.68. The van der Waals surface area contributed by atoms with Gasteiger partial charge in [-0.2, -0.15) is 0 Å². The first-order chi connectivity index (χ1) is 6.29. The summed E-state index contributed by atoms with van der Waals surface area (Å²) in [7, 11) is 0. The molecular weight excluding hydrogens is 247 g/mol. The average Bonchev–Trinajstić information content (AvgIpc) is 2.15. The second-order valence-corrected chi connectivity index (χ2v) is 4.08. The Morgan fingerprint density at radius 1 is 1.38 bits per heavy atom. The average molecular weight is 262 g/mol. The summed E-state index contributed by atoms with van der Waals surface area (Å²) < 4.78 is 0. The van der Waals surface area contributed by atoms with Gasteiger partial charge in [0.25, 0.3) is 0 Å². The number of hydrogen-bond donors (Lipinski definition) is 0. The molecule has 0 radical (unpaired) electrons. The summed E-state index contributed by atoms with van der Waals surface area (Å²) in [4.78, 5) is 0. The highest BCUT2D eigenvalue weighted by atomic mass is 79.9. The highest BCUT2D eigenvalue weighted by Crippen LogP contribution is 2.18. The van der Waals surface area contributed by atoms with Gasteiger partial charge in [-0.05, 0) is 36.5 Å². The van der Waals surface area contributed by atoms with Crippen LogP contribution in [0.4, 0.5) is 0 Å². The maximum Gasteiger partial charge on any atom is 0.0288 e. The summed E-state index contributed by atoms with van der Waals surface area (Å²) in [6.07, 6.45) is 2.15. The molecule has 13 heavy (non-hydrogen) atoms. The molecule has 0 aliphatic carbocycles. The van der Waals surface area contributed by atoms with E-state index in [9.17, 15) is 0 Å². The molecule has 0 saturated carbocycles. The van der Waals surface area contributed by atoms with Gasteiger partial charge in [-0.1, -0.05) is 34.1 Å². The summed E-state index contributed by atoms with van der Waals surface area (Å²) in [6, 6.07) is 6.46. The van der Waals surface area contributed by atoms with Crippen molar-refractivity contribution in [3.8, 4) is 0 Å². The second kappa shape index (κ2) is 5.66. The van der Waals surface area contributed by atoms with Gasteiger partial charge in [-0.3, -0.25) is 0 Å². The van der Waals surface area contributed by atoms with Crippen LogP contribution in [0.5, 0.6) is 0 Å². The van der Waals surface area contributed by atoms with Crippen LogP contribution >= 0.6 is 27.5 Å². The topological polar surface area (TPSA) is 0 Å². The highest BCUT2D eigenvalue weighted by Gasteiger charge is 2.02. The van der Waals surface area contributed by atoms with Gasteiger partial charge < -0.3 is 0 Å². The van der Waals surface area contributed by atoms with Crippen molar-refractivity contribution in [1.82, 2.24) is 0 Å². The minimum absolute atomic E-state index is 0.746. The summed E-state index contributed by atoms with van der Waals surface area (Å²) in [5.41, 5.74) is 4.22. The lowest BCUT2D eigenvalue weighted by Crippen LogP contribution is -1.95. The molecule has 1 aromatic carbocycles. The van der Waals surface area contributed by atoms with E-state index in [0.717, 1.165) is 24.1 Å². The molecule has 1 aromatic rings. The molecule has 0 aliphatic rings. The molecule has 0 unspecified atom stereocenters. The third-order valence-corrected chi connectivity index (χ3v) is 3.05. The molecule has 0 fully saturated rings. The van der Waals surface area contributed by atoms with Crippen LogP contribution in [0.2, 0.25) is 0 Å². The second-order valence-electron chi connectivity index (χ2n) is 3.14. The van der Waals surface area contributed by atoms with Crippen LogP contribution < -0.4 is 0 Å². The summed E-state index contributed by atoms with van der Waals surface area (Å²) in [6.45, 7) is 2.15. The monoisotopic (exact) mass is 260 g/mol. The van der Waals surface area contributed by atoms with E-state index < -0.39 is 0 Å². The lowest BCUT2D eigenvalue weighted by Gasteiger charge is -2.09. The van der Waals surface area contributed by atoms with Crippen molar-refractivity contribution in [3.63, 3.8) is 0 Å². The molecule has 0 saturated heterocycles. The minimum atomic E-state index is 0.746. The van der Waals surface area contributed by atoms with E-state index in [-0.39, 0.29) is 0 Å². The van der Waals surface area contributed by atoms with Gasteiger partial charge in [-0.15, -0.1) is 11.6 Å². The highest BCUT2D eigenvalue weighted by molar-refractivity contribution is 9.08. The van der Waals surface area contributed by atoms with Gasteiger partial charge >= 0.3 is 0 Å². The van der Waals surface area contributed by atoms with Crippen LogP contribution in [-0.2, 0) is 11.8 Å². The van der Waals surface area contributed by atoms with Gasteiger partial charge in [0.15, 0.2) is 0 Å². The largest absolute Gasteiger partial charge is 0.127 e. The molecule has 0 spiro atoms. The van der Waals surface area contributed by atoms with E-state index in [1.807, 2.05) is 0 Å². The Hall–Kier alpha value is -0.0100. The predicted molar refractivity (Wildman–Crippen MR) is 62.9 cm³/mol. The summed E-state index contributed by atoms with van der Waals surface area (Å²) in [5.74, 6) is 0.746. The Bertz CT molecular complexity index is 271. The number of halogens is 2. The summed E-state index contributed by atoms with van der Waals surface area (Å²) >= 11 is 9.19. The first kappa shape index (κ1) is 11.1. The lowest BCUT2D eigenvalue weighted by atomic mass is 10.0. The Morgan fingerprint density at radius 2 is 2.15 bits per heavy atom.